The summed E-state index contributed by atoms with van der Waals surface area (Å²) < 4.78 is 2.03. The van der Waals surface area contributed by atoms with E-state index < -0.39 is 0 Å². The van der Waals surface area contributed by atoms with E-state index >= 15 is 0 Å². The van der Waals surface area contributed by atoms with E-state index in [9.17, 15) is 0 Å². The van der Waals surface area contributed by atoms with Crippen LogP contribution in [0, 0.1) is 13.8 Å². The third kappa shape index (κ3) is 6.46. The summed E-state index contributed by atoms with van der Waals surface area (Å²) in [6.07, 6.45) is 3.99. The highest BCUT2D eigenvalue weighted by Crippen LogP contribution is 2.19. The number of rotatable bonds is 6. The first-order valence-electron chi connectivity index (χ1n) is 8.33. The van der Waals surface area contributed by atoms with E-state index in [-0.39, 0.29) is 28.7 Å². The van der Waals surface area contributed by atoms with Crippen LogP contribution in [0.1, 0.15) is 30.8 Å². The largest absolute Gasteiger partial charge is 0.355 e. The highest BCUT2D eigenvalue weighted by molar-refractivity contribution is 14.0. The smallest absolute Gasteiger partial charge is 0.191 e. The zero-order valence-corrected chi connectivity index (χ0v) is 19.5. The summed E-state index contributed by atoms with van der Waals surface area (Å²) in [4.78, 5) is 8.79. The van der Waals surface area contributed by atoms with Crippen LogP contribution in [0.4, 0.5) is 0 Å². The molecule has 2 aromatic rings. The van der Waals surface area contributed by atoms with Gasteiger partial charge in [-0.15, -0.1) is 24.0 Å². The number of hydrogen-bond acceptors (Lipinski definition) is 4. The fourth-order valence-corrected chi connectivity index (χ4v) is 2.50. The number of halogens is 1. The number of aliphatic imine (C=N–C) groups is 1. The van der Waals surface area contributed by atoms with Gasteiger partial charge in [-0.2, -0.15) is 16.9 Å². The number of guanidine groups is 1. The Hall–Kier alpha value is -1.29. The number of nitrogens with one attached hydrogen (secondary N) is 2. The SMILES string of the molecule is CN=C(NCc1ccc(-n2nc(C)cc2C)nc1)NCC(C)(C)SC.I. The highest BCUT2D eigenvalue weighted by atomic mass is 127. The number of aryl methyl sites for hydroxylation is 2. The zero-order chi connectivity index (χ0) is 18.4. The van der Waals surface area contributed by atoms with E-state index in [0.717, 1.165) is 35.3 Å². The van der Waals surface area contributed by atoms with Crippen LogP contribution < -0.4 is 10.6 Å². The summed E-state index contributed by atoms with van der Waals surface area (Å²) in [7, 11) is 1.78. The molecule has 2 rings (SSSR count). The maximum Gasteiger partial charge on any atom is 0.191 e. The molecular formula is C18H29IN6S. The molecule has 0 amide bonds. The Morgan fingerprint density at radius 2 is 2.00 bits per heavy atom. The lowest BCUT2D eigenvalue weighted by molar-refractivity contribution is 0.664. The number of aromatic nitrogens is 3. The van der Waals surface area contributed by atoms with Crippen molar-refractivity contribution in [3.63, 3.8) is 0 Å². The van der Waals surface area contributed by atoms with Gasteiger partial charge in [0.25, 0.3) is 0 Å². The molecule has 144 valence electrons. The van der Waals surface area contributed by atoms with E-state index in [4.69, 9.17) is 0 Å². The van der Waals surface area contributed by atoms with Crippen molar-refractivity contribution in [1.82, 2.24) is 25.4 Å². The molecule has 0 aliphatic carbocycles. The number of nitrogens with zero attached hydrogens (tertiary/aromatic N) is 4. The third-order valence-corrected chi connectivity index (χ3v) is 5.20. The topological polar surface area (TPSA) is 67.1 Å². The maximum atomic E-state index is 4.52. The van der Waals surface area contributed by atoms with Crippen LogP contribution in [-0.4, -0.2) is 45.3 Å². The molecule has 2 heterocycles. The molecule has 0 radical (unpaired) electrons. The lowest BCUT2D eigenvalue weighted by atomic mass is 10.2. The first-order valence-corrected chi connectivity index (χ1v) is 9.55. The van der Waals surface area contributed by atoms with Crippen LogP contribution in [0.25, 0.3) is 5.82 Å². The summed E-state index contributed by atoms with van der Waals surface area (Å²) in [5.74, 6) is 1.63. The first-order chi connectivity index (χ1) is 11.8. The van der Waals surface area contributed by atoms with Crippen LogP contribution in [0.5, 0.6) is 0 Å². The van der Waals surface area contributed by atoms with Gasteiger partial charge in [0.15, 0.2) is 11.8 Å². The van der Waals surface area contributed by atoms with Crippen molar-refractivity contribution < 1.29 is 0 Å². The molecule has 0 aromatic carbocycles. The van der Waals surface area contributed by atoms with Crippen LogP contribution in [-0.2, 0) is 6.54 Å². The Kier molecular flexibility index (Phi) is 8.88. The lowest BCUT2D eigenvalue weighted by Gasteiger charge is -2.23. The minimum Gasteiger partial charge on any atom is -0.355 e. The molecule has 0 fully saturated rings. The zero-order valence-electron chi connectivity index (χ0n) is 16.3. The second-order valence-corrected chi connectivity index (χ2v) is 8.12. The number of thioether (sulfide) groups is 1. The van der Waals surface area contributed by atoms with Gasteiger partial charge in [-0.3, -0.25) is 4.99 Å². The van der Waals surface area contributed by atoms with E-state index in [2.05, 4.69) is 51.9 Å². The second kappa shape index (κ2) is 10.1. The summed E-state index contributed by atoms with van der Waals surface area (Å²) in [6.45, 7) is 9.95. The summed E-state index contributed by atoms with van der Waals surface area (Å²) in [6, 6.07) is 6.09. The quantitative estimate of drug-likeness (QED) is 0.371. The Morgan fingerprint density at radius 3 is 2.50 bits per heavy atom. The molecule has 0 aliphatic heterocycles. The molecule has 26 heavy (non-hydrogen) atoms. The lowest BCUT2D eigenvalue weighted by Crippen LogP contribution is -2.43. The molecule has 2 N–H and O–H groups in total. The Morgan fingerprint density at radius 1 is 1.27 bits per heavy atom. The minimum absolute atomic E-state index is 0. The van der Waals surface area contributed by atoms with E-state index in [1.54, 1.807) is 7.05 Å². The fourth-order valence-electron chi connectivity index (χ4n) is 2.28. The van der Waals surface area contributed by atoms with Crippen molar-refractivity contribution in [2.75, 3.05) is 19.8 Å². The van der Waals surface area contributed by atoms with Crippen molar-refractivity contribution >= 4 is 41.7 Å². The second-order valence-electron chi connectivity index (χ2n) is 6.61. The highest BCUT2D eigenvalue weighted by Gasteiger charge is 2.16. The van der Waals surface area contributed by atoms with Gasteiger partial charge in [0.1, 0.15) is 0 Å². The van der Waals surface area contributed by atoms with Gasteiger partial charge >= 0.3 is 0 Å². The molecule has 0 atom stereocenters. The van der Waals surface area contributed by atoms with Gasteiger partial charge in [-0.1, -0.05) is 6.07 Å². The van der Waals surface area contributed by atoms with E-state index in [1.807, 2.05) is 48.6 Å². The maximum absolute atomic E-state index is 4.52. The first kappa shape index (κ1) is 22.8. The predicted octanol–water partition coefficient (Wildman–Crippen LogP) is 3.31. The summed E-state index contributed by atoms with van der Waals surface area (Å²) in [5, 5.41) is 11.1. The Labute approximate surface area is 177 Å². The molecular weight excluding hydrogens is 459 g/mol. The Balaban J connectivity index is 0.00000338. The molecule has 0 saturated heterocycles. The molecule has 0 aliphatic rings. The van der Waals surface area contributed by atoms with Crippen LogP contribution in [0.2, 0.25) is 0 Å². The average molecular weight is 488 g/mol. The van der Waals surface area contributed by atoms with Gasteiger partial charge in [-0.05, 0) is 51.6 Å². The molecule has 6 nitrogen and oxygen atoms in total. The van der Waals surface area contributed by atoms with Crippen molar-refractivity contribution in [2.24, 2.45) is 4.99 Å². The van der Waals surface area contributed by atoms with Gasteiger partial charge in [-0.25, -0.2) is 9.67 Å². The normalized spacial score (nSPS) is 11.8. The van der Waals surface area contributed by atoms with Crippen LogP contribution >= 0.6 is 35.7 Å². The van der Waals surface area contributed by atoms with E-state index in [1.165, 1.54) is 0 Å². The molecule has 2 aromatic heterocycles. The molecule has 0 bridgehead atoms. The predicted molar refractivity (Wildman–Crippen MR) is 122 cm³/mol. The van der Waals surface area contributed by atoms with Gasteiger partial charge in [0.05, 0.1) is 5.69 Å². The van der Waals surface area contributed by atoms with Crippen molar-refractivity contribution in [3.8, 4) is 5.82 Å². The third-order valence-electron chi connectivity index (χ3n) is 3.95. The van der Waals surface area contributed by atoms with Crippen LogP contribution in [0.3, 0.4) is 0 Å². The minimum atomic E-state index is 0. The monoisotopic (exact) mass is 488 g/mol. The Bertz CT molecular complexity index is 724. The average Bonchev–Trinajstić information content (AvgIpc) is 2.94. The number of pyridine rings is 1. The van der Waals surface area contributed by atoms with Gasteiger partial charge in [0.2, 0.25) is 0 Å². The summed E-state index contributed by atoms with van der Waals surface area (Å²) >= 11 is 1.83. The number of hydrogen-bond donors (Lipinski definition) is 2. The molecule has 0 unspecified atom stereocenters. The molecule has 8 heteroatoms. The van der Waals surface area contributed by atoms with Gasteiger partial charge < -0.3 is 10.6 Å². The summed E-state index contributed by atoms with van der Waals surface area (Å²) in [5.41, 5.74) is 3.17. The van der Waals surface area contributed by atoms with Gasteiger partial charge in [0, 0.05) is 36.8 Å². The van der Waals surface area contributed by atoms with Crippen molar-refractivity contribution in [3.05, 3.63) is 41.3 Å². The molecule has 0 spiro atoms. The molecule has 0 saturated carbocycles. The van der Waals surface area contributed by atoms with Crippen molar-refractivity contribution in [1.29, 1.82) is 0 Å². The van der Waals surface area contributed by atoms with E-state index in [0.29, 0.717) is 6.54 Å². The standard InChI is InChI=1S/C18H28N6S.HI/c1-13-9-14(2)24(23-13)16-8-7-15(10-20-16)11-21-17(19-5)22-12-18(3,4)25-6;/h7-10H,11-12H2,1-6H3,(H2,19,21,22);1H. The fraction of sp³-hybridized carbons (Fsp3) is 0.500. The van der Waals surface area contributed by atoms with Crippen molar-refractivity contribution in [2.45, 2.75) is 39.0 Å². The van der Waals surface area contributed by atoms with Crippen LogP contribution in [0.15, 0.2) is 29.4 Å².